The van der Waals surface area contributed by atoms with E-state index in [2.05, 4.69) is 146 Å². The Morgan fingerprint density at radius 2 is 1.14 bits per heavy atom. The number of fused-ring (bicyclic) bond motifs is 5. The molecule has 2 unspecified atom stereocenters. The molecule has 0 radical (unpaired) electrons. The Kier molecular flexibility index (Phi) is 12.8. The molecule has 7 rings (SSSR count). The predicted molar refractivity (Wildman–Crippen MR) is 246 cm³/mol. The van der Waals surface area contributed by atoms with Gasteiger partial charge in [-0.25, -0.2) is 0 Å². The van der Waals surface area contributed by atoms with Gasteiger partial charge < -0.3 is 0 Å². The van der Waals surface area contributed by atoms with Gasteiger partial charge in [0.05, 0.1) is 0 Å². The van der Waals surface area contributed by atoms with Crippen molar-refractivity contribution in [1.82, 2.24) is 0 Å². The van der Waals surface area contributed by atoms with Gasteiger partial charge in [0.1, 0.15) is 0 Å². The molecule has 0 amide bonds. The van der Waals surface area contributed by atoms with Crippen LogP contribution in [0.15, 0.2) is 97.1 Å². The first-order chi connectivity index (χ1) is 27.3. The van der Waals surface area contributed by atoms with Crippen molar-refractivity contribution in [2.45, 2.75) is 150 Å². The summed E-state index contributed by atoms with van der Waals surface area (Å²) in [4.78, 5) is 0. The first-order valence-electron chi connectivity index (χ1n) is 22.6. The molecule has 1 aliphatic carbocycles. The van der Waals surface area contributed by atoms with Crippen LogP contribution in [0.25, 0.3) is 43.8 Å². The van der Waals surface area contributed by atoms with E-state index in [0.29, 0.717) is 0 Å². The highest BCUT2D eigenvalue weighted by molar-refractivity contribution is 6.15. The van der Waals surface area contributed by atoms with Crippen molar-refractivity contribution in [1.29, 1.82) is 0 Å². The second kappa shape index (κ2) is 18.0. The minimum Gasteiger partial charge on any atom is -0.0654 e. The summed E-state index contributed by atoms with van der Waals surface area (Å²) < 4.78 is 0. The molecule has 0 aromatic heterocycles. The predicted octanol–water partition coefficient (Wildman–Crippen LogP) is 16.6. The van der Waals surface area contributed by atoms with E-state index in [1.165, 1.54) is 185 Å². The third-order valence-corrected chi connectivity index (χ3v) is 13.5. The maximum atomic E-state index is 2.60. The molecule has 0 N–H and O–H groups in total. The average molecular weight is 741 g/mol. The Balaban J connectivity index is 1.40. The molecule has 2 atom stereocenters. The van der Waals surface area contributed by atoms with E-state index in [1.54, 1.807) is 0 Å². The van der Waals surface area contributed by atoms with Crippen molar-refractivity contribution in [3.05, 3.63) is 142 Å². The van der Waals surface area contributed by atoms with Crippen molar-refractivity contribution in [2.75, 3.05) is 0 Å². The molecule has 56 heavy (non-hydrogen) atoms. The Bertz CT molecular complexity index is 2250. The van der Waals surface area contributed by atoms with Crippen LogP contribution in [0, 0.1) is 19.8 Å². The average Bonchev–Trinajstić information content (AvgIpc) is 3.47. The zero-order valence-electron chi connectivity index (χ0n) is 35.9. The van der Waals surface area contributed by atoms with E-state index in [1.807, 2.05) is 0 Å². The highest BCUT2D eigenvalue weighted by Gasteiger charge is 2.41. The molecule has 0 nitrogen and oxygen atoms in total. The molecule has 0 heterocycles. The van der Waals surface area contributed by atoms with Crippen molar-refractivity contribution in [3.8, 4) is 22.3 Å². The van der Waals surface area contributed by atoms with E-state index in [4.69, 9.17) is 0 Å². The summed E-state index contributed by atoms with van der Waals surface area (Å²) in [6.45, 7) is 16.5. The quantitative estimate of drug-likeness (QED) is 0.0608. The number of unbranched alkanes of at least 4 members (excludes halogenated alkanes) is 7. The molecule has 0 fully saturated rings. The lowest BCUT2D eigenvalue weighted by Crippen LogP contribution is -2.23. The van der Waals surface area contributed by atoms with Crippen molar-refractivity contribution >= 4 is 21.5 Å². The van der Waals surface area contributed by atoms with Gasteiger partial charge >= 0.3 is 0 Å². The molecular formula is C56H68. The maximum Gasteiger partial charge on any atom is 0.0436 e. The minimum absolute atomic E-state index is 0.249. The molecule has 0 saturated carbocycles. The second-order valence-corrected chi connectivity index (χ2v) is 17.6. The van der Waals surface area contributed by atoms with Crippen LogP contribution < -0.4 is 0 Å². The van der Waals surface area contributed by atoms with Crippen molar-refractivity contribution in [2.24, 2.45) is 5.92 Å². The van der Waals surface area contributed by atoms with E-state index >= 15 is 0 Å². The zero-order valence-corrected chi connectivity index (χ0v) is 35.9. The van der Waals surface area contributed by atoms with Crippen LogP contribution in [0.3, 0.4) is 0 Å². The summed E-state index contributed by atoms with van der Waals surface area (Å²) in [5.41, 5.74) is 16.9. The molecule has 6 aromatic carbocycles. The summed E-state index contributed by atoms with van der Waals surface area (Å²) in [7, 11) is 0. The molecule has 0 saturated heterocycles. The van der Waals surface area contributed by atoms with Gasteiger partial charge in [0.25, 0.3) is 0 Å². The summed E-state index contributed by atoms with van der Waals surface area (Å²) >= 11 is 0. The Morgan fingerprint density at radius 1 is 0.518 bits per heavy atom. The summed E-state index contributed by atoms with van der Waals surface area (Å²) in [5, 5.41) is 5.52. The SMILES string of the molecule is CCCCCCc1cc(CCCCCC)cc(C2(C)c3cc(C)ccc3-c3ccc(-c4c5ccccc5c(C)c5cc(CC(CC)CCCC)ccc45)cc32)c1. The summed E-state index contributed by atoms with van der Waals surface area (Å²) in [5.74, 6) is 0.749. The third-order valence-electron chi connectivity index (χ3n) is 13.5. The molecule has 0 heteroatoms. The third kappa shape index (κ3) is 8.01. The lowest BCUT2D eigenvalue weighted by molar-refractivity contribution is 0.449. The lowest BCUT2D eigenvalue weighted by atomic mass is 9.72. The van der Waals surface area contributed by atoms with Gasteiger partial charge in [-0.2, -0.15) is 0 Å². The zero-order chi connectivity index (χ0) is 39.2. The summed E-state index contributed by atoms with van der Waals surface area (Å²) in [6, 6.07) is 39.0. The van der Waals surface area contributed by atoms with Crippen LogP contribution in [0.5, 0.6) is 0 Å². The van der Waals surface area contributed by atoms with Gasteiger partial charge in [-0.3, -0.25) is 0 Å². The van der Waals surface area contributed by atoms with E-state index in [9.17, 15) is 0 Å². The maximum absolute atomic E-state index is 2.60. The number of rotatable bonds is 18. The molecular weight excluding hydrogens is 673 g/mol. The summed E-state index contributed by atoms with van der Waals surface area (Å²) in [6.07, 6.45) is 19.1. The fraction of sp³-hybridized carbons (Fsp3) is 0.429. The Hall–Kier alpha value is -4.16. The molecule has 292 valence electrons. The van der Waals surface area contributed by atoms with E-state index in [0.717, 1.165) is 5.92 Å². The first-order valence-corrected chi connectivity index (χ1v) is 22.6. The highest BCUT2D eigenvalue weighted by atomic mass is 14.4. The van der Waals surface area contributed by atoms with Crippen LogP contribution in [-0.2, 0) is 24.7 Å². The van der Waals surface area contributed by atoms with Crippen molar-refractivity contribution < 1.29 is 0 Å². The fourth-order valence-corrected chi connectivity index (χ4v) is 10.1. The lowest BCUT2D eigenvalue weighted by Gasteiger charge is -2.30. The van der Waals surface area contributed by atoms with E-state index in [-0.39, 0.29) is 5.41 Å². The second-order valence-electron chi connectivity index (χ2n) is 17.6. The van der Waals surface area contributed by atoms with Crippen LogP contribution in [0.2, 0.25) is 0 Å². The van der Waals surface area contributed by atoms with Crippen molar-refractivity contribution in [3.63, 3.8) is 0 Å². The van der Waals surface area contributed by atoms with Gasteiger partial charge in [0.15, 0.2) is 0 Å². The van der Waals surface area contributed by atoms with Gasteiger partial charge in [0, 0.05) is 5.41 Å². The highest BCUT2D eigenvalue weighted by Crippen LogP contribution is 2.54. The number of hydrogen-bond acceptors (Lipinski definition) is 0. The largest absolute Gasteiger partial charge is 0.0654 e. The number of aryl methyl sites for hydroxylation is 4. The van der Waals surface area contributed by atoms with Crippen LogP contribution >= 0.6 is 0 Å². The standard InChI is InChI=1S/C56H68/c1-8-12-15-17-22-42-34-43(23-18-16-13-9-2)36-46(35-42)56(7)53-32-39(5)26-29-48(53)49-31-28-45(38-54(49)56)55-50-25-20-19-24-47(50)40(6)52-37-44(27-30-51(52)55)33-41(11-4)21-14-10-3/h19-20,24-32,34-38,41H,8-18,21-23,33H2,1-7H3. The molecule has 0 aliphatic heterocycles. The van der Waals surface area contributed by atoms with Gasteiger partial charge in [0.2, 0.25) is 0 Å². The Labute approximate surface area is 340 Å². The Morgan fingerprint density at radius 3 is 1.80 bits per heavy atom. The minimum atomic E-state index is -0.249. The molecule has 6 aromatic rings. The van der Waals surface area contributed by atoms with Crippen LogP contribution in [0.1, 0.15) is 156 Å². The molecule has 1 aliphatic rings. The fourth-order valence-electron chi connectivity index (χ4n) is 10.1. The van der Waals surface area contributed by atoms with Crippen LogP contribution in [-0.4, -0.2) is 0 Å². The monoisotopic (exact) mass is 741 g/mol. The van der Waals surface area contributed by atoms with Gasteiger partial charge in [-0.1, -0.05) is 188 Å². The molecule has 0 bridgehead atoms. The number of benzene rings is 6. The normalized spacial score (nSPS) is 15.4. The molecule has 0 spiro atoms. The van der Waals surface area contributed by atoms with Gasteiger partial charge in [-0.05, 0) is 148 Å². The first kappa shape index (κ1) is 40.1. The number of hydrogen-bond donors (Lipinski definition) is 0. The van der Waals surface area contributed by atoms with Crippen LogP contribution in [0.4, 0.5) is 0 Å². The smallest absolute Gasteiger partial charge is 0.0436 e. The van der Waals surface area contributed by atoms with E-state index < -0.39 is 0 Å². The van der Waals surface area contributed by atoms with Gasteiger partial charge in [-0.15, -0.1) is 0 Å². The topological polar surface area (TPSA) is 0 Å².